The minimum Gasteiger partial charge on any atom is -0.488 e. The Morgan fingerprint density at radius 3 is 2.55 bits per heavy atom. The Labute approximate surface area is 186 Å². The first-order chi connectivity index (χ1) is 15.0. The molecule has 1 amide bonds. The van der Waals surface area contributed by atoms with E-state index >= 15 is 0 Å². The lowest BCUT2D eigenvalue weighted by molar-refractivity contribution is 0.103. The molecule has 5 nitrogen and oxygen atoms in total. The molecule has 31 heavy (non-hydrogen) atoms. The van der Waals surface area contributed by atoms with E-state index in [4.69, 9.17) is 4.74 Å². The second-order valence-electron chi connectivity index (χ2n) is 7.70. The van der Waals surface area contributed by atoms with Gasteiger partial charge in [-0.3, -0.25) is 9.48 Å². The van der Waals surface area contributed by atoms with Crippen molar-refractivity contribution < 1.29 is 9.53 Å². The molecular formula is C25H25N3O2S. The van der Waals surface area contributed by atoms with Crippen molar-refractivity contribution in [3.63, 3.8) is 0 Å². The van der Waals surface area contributed by atoms with E-state index in [0.717, 1.165) is 28.0 Å². The third-order valence-electron chi connectivity index (χ3n) is 4.94. The van der Waals surface area contributed by atoms with E-state index in [9.17, 15) is 4.79 Å². The van der Waals surface area contributed by atoms with Crippen LogP contribution < -0.4 is 10.1 Å². The summed E-state index contributed by atoms with van der Waals surface area (Å²) in [4.78, 5) is 13.3. The lowest BCUT2D eigenvalue weighted by Gasteiger charge is -2.12. The average Bonchev–Trinajstić information content (AvgIpc) is 3.38. The van der Waals surface area contributed by atoms with Gasteiger partial charge in [0.1, 0.15) is 12.4 Å². The lowest BCUT2D eigenvalue weighted by Crippen LogP contribution is -2.09. The fraction of sp³-hybridized carbons (Fsp3) is 0.200. The van der Waals surface area contributed by atoms with Gasteiger partial charge in [-0.05, 0) is 48.9 Å². The molecule has 0 bridgehead atoms. The van der Waals surface area contributed by atoms with Crippen LogP contribution in [0.4, 0.5) is 5.69 Å². The second-order valence-corrected chi connectivity index (χ2v) is 8.61. The number of rotatable bonds is 7. The lowest BCUT2D eigenvalue weighted by atomic mass is 10.1. The zero-order valence-electron chi connectivity index (χ0n) is 17.9. The SMILES string of the molecule is Cc1cc(C)c(OCc2csc(C(=O)Nc3cnn(Cc4ccccc4)c3)c2)c(C)c1. The Balaban J connectivity index is 1.35. The van der Waals surface area contributed by atoms with Crippen molar-refractivity contribution in [1.82, 2.24) is 9.78 Å². The first-order valence-electron chi connectivity index (χ1n) is 10.1. The van der Waals surface area contributed by atoms with E-state index < -0.39 is 0 Å². The molecule has 0 atom stereocenters. The number of aryl methyl sites for hydroxylation is 3. The minimum atomic E-state index is -0.141. The maximum atomic E-state index is 12.6. The molecule has 2 aromatic carbocycles. The maximum absolute atomic E-state index is 12.6. The number of ether oxygens (including phenoxy) is 1. The third kappa shape index (κ3) is 5.22. The number of anilines is 1. The fourth-order valence-corrected chi connectivity index (χ4v) is 4.39. The molecule has 0 saturated heterocycles. The van der Waals surface area contributed by atoms with Gasteiger partial charge in [0.15, 0.2) is 0 Å². The summed E-state index contributed by atoms with van der Waals surface area (Å²) in [5.74, 6) is 0.770. The largest absolute Gasteiger partial charge is 0.488 e. The number of carbonyl (C=O) groups is 1. The van der Waals surface area contributed by atoms with E-state index in [1.54, 1.807) is 6.20 Å². The highest BCUT2D eigenvalue weighted by molar-refractivity contribution is 7.12. The normalized spacial score (nSPS) is 10.8. The Morgan fingerprint density at radius 2 is 1.81 bits per heavy atom. The van der Waals surface area contributed by atoms with Gasteiger partial charge in [0, 0.05) is 11.8 Å². The molecule has 0 fully saturated rings. The predicted molar refractivity (Wildman–Crippen MR) is 125 cm³/mol. The van der Waals surface area contributed by atoms with Crippen molar-refractivity contribution in [3.8, 4) is 5.75 Å². The molecule has 6 heteroatoms. The van der Waals surface area contributed by atoms with Gasteiger partial charge in [-0.2, -0.15) is 5.10 Å². The number of hydrogen-bond acceptors (Lipinski definition) is 4. The zero-order chi connectivity index (χ0) is 21.8. The highest BCUT2D eigenvalue weighted by atomic mass is 32.1. The van der Waals surface area contributed by atoms with E-state index in [2.05, 4.69) is 55.5 Å². The number of nitrogens with one attached hydrogen (secondary N) is 1. The van der Waals surface area contributed by atoms with Crippen LogP contribution >= 0.6 is 11.3 Å². The summed E-state index contributed by atoms with van der Waals surface area (Å²) in [6.07, 6.45) is 3.51. The van der Waals surface area contributed by atoms with Crippen molar-refractivity contribution in [2.45, 2.75) is 33.9 Å². The van der Waals surface area contributed by atoms with Gasteiger partial charge in [-0.25, -0.2) is 0 Å². The van der Waals surface area contributed by atoms with Gasteiger partial charge in [-0.1, -0.05) is 48.0 Å². The molecule has 4 aromatic rings. The van der Waals surface area contributed by atoms with Crippen molar-refractivity contribution in [3.05, 3.63) is 99.0 Å². The topological polar surface area (TPSA) is 56.1 Å². The number of hydrogen-bond donors (Lipinski definition) is 1. The molecule has 158 valence electrons. The van der Waals surface area contributed by atoms with Gasteiger partial charge < -0.3 is 10.1 Å². The first-order valence-corrected chi connectivity index (χ1v) is 11.0. The molecule has 0 aliphatic heterocycles. The third-order valence-corrected chi connectivity index (χ3v) is 5.92. The number of carbonyl (C=O) groups excluding carboxylic acids is 1. The van der Waals surface area contributed by atoms with Crippen molar-refractivity contribution in [2.75, 3.05) is 5.32 Å². The molecule has 0 aliphatic rings. The van der Waals surface area contributed by atoms with Crippen LogP contribution in [0.15, 0.2) is 66.3 Å². The minimum absolute atomic E-state index is 0.141. The number of aromatic nitrogens is 2. The Bertz CT molecular complexity index is 1170. The van der Waals surface area contributed by atoms with Crippen LogP contribution in [-0.4, -0.2) is 15.7 Å². The van der Waals surface area contributed by atoms with Crippen molar-refractivity contribution in [1.29, 1.82) is 0 Å². The van der Waals surface area contributed by atoms with Crippen LogP contribution in [0.25, 0.3) is 0 Å². The molecule has 4 rings (SSSR count). The monoisotopic (exact) mass is 431 g/mol. The van der Waals surface area contributed by atoms with Gasteiger partial charge in [-0.15, -0.1) is 11.3 Å². The molecule has 0 aliphatic carbocycles. The standard InChI is InChI=1S/C25H25N3O2S/c1-17-9-18(2)24(19(3)10-17)30-15-21-11-23(31-16-21)25(29)27-22-12-26-28(14-22)13-20-7-5-4-6-8-20/h4-12,14,16H,13,15H2,1-3H3,(H,27,29). The first kappa shape index (κ1) is 20.9. The number of thiophene rings is 1. The van der Waals surface area contributed by atoms with E-state index in [1.165, 1.54) is 16.9 Å². The van der Waals surface area contributed by atoms with Gasteiger partial charge in [0.2, 0.25) is 0 Å². The van der Waals surface area contributed by atoms with Crippen molar-refractivity contribution in [2.24, 2.45) is 0 Å². The van der Waals surface area contributed by atoms with Gasteiger partial charge >= 0.3 is 0 Å². The van der Waals surface area contributed by atoms with Crippen LogP contribution in [0.5, 0.6) is 5.75 Å². The van der Waals surface area contributed by atoms with Gasteiger partial charge in [0.25, 0.3) is 5.91 Å². The number of benzene rings is 2. The molecule has 1 N–H and O–H groups in total. The fourth-order valence-electron chi connectivity index (χ4n) is 3.60. The van der Waals surface area contributed by atoms with Crippen LogP contribution in [0.3, 0.4) is 0 Å². The summed E-state index contributed by atoms with van der Waals surface area (Å²) in [7, 11) is 0. The number of amides is 1. The summed E-state index contributed by atoms with van der Waals surface area (Å²) in [6, 6.07) is 16.2. The average molecular weight is 432 g/mol. The molecule has 0 unspecified atom stereocenters. The number of nitrogens with zero attached hydrogens (tertiary/aromatic N) is 2. The highest BCUT2D eigenvalue weighted by Gasteiger charge is 2.12. The quantitative estimate of drug-likeness (QED) is 0.405. The second kappa shape index (κ2) is 9.18. The predicted octanol–water partition coefficient (Wildman–Crippen LogP) is 5.75. The maximum Gasteiger partial charge on any atom is 0.265 e. The summed E-state index contributed by atoms with van der Waals surface area (Å²) in [5, 5.41) is 9.22. The van der Waals surface area contributed by atoms with Crippen LogP contribution in [0, 0.1) is 20.8 Å². The van der Waals surface area contributed by atoms with Gasteiger partial charge in [0.05, 0.1) is 23.3 Å². The molecule has 2 heterocycles. The summed E-state index contributed by atoms with van der Waals surface area (Å²) in [5.41, 5.74) is 6.29. The zero-order valence-corrected chi connectivity index (χ0v) is 18.7. The molecular weight excluding hydrogens is 406 g/mol. The van der Waals surface area contributed by atoms with E-state index in [1.807, 2.05) is 40.5 Å². The Kier molecular flexibility index (Phi) is 6.18. The van der Waals surface area contributed by atoms with Crippen LogP contribution in [-0.2, 0) is 13.2 Å². The summed E-state index contributed by atoms with van der Waals surface area (Å²) < 4.78 is 7.85. The molecule has 0 spiro atoms. The molecule has 0 radical (unpaired) electrons. The van der Waals surface area contributed by atoms with Crippen molar-refractivity contribution >= 4 is 22.9 Å². The highest BCUT2D eigenvalue weighted by Crippen LogP contribution is 2.26. The Morgan fingerprint density at radius 1 is 1.06 bits per heavy atom. The molecule has 0 saturated carbocycles. The smallest absolute Gasteiger partial charge is 0.265 e. The van der Waals surface area contributed by atoms with E-state index in [0.29, 0.717) is 23.7 Å². The Hall–Kier alpha value is -3.38. The van der Waals surface area contributed by atoms with Crippen LogP contribution in [0.1, 0.15) is 37.5 Å². The van der Waals surface area contributed by atoms with Crippen LogP contribution in [0.2, 0.25) is 0 Å². The van der Waals surface area contributed by atoms with E-state index in [-0.39, 0.29) is 5.91 Å². The summed E-state index contributed by atoms with van der Waals surface area (Å²) in [6.45, 7) is 7.29. The summed E-state index contributed by atoms with van der Waals surface area (Å²) >= 11 is 1.41. The molecule has 2 aromatic heterocycles.